The van der Waals surface area contributed by atoms with Crippen molar-refractivity contribution in [3.05, 3.63) is 24.5 Å². The van der Waals surface area contributed by atoms with Crippen molar-refractivity contribution >= 4 is 12.1 Å². The molecule has 0 bridgehead atoms. The second-order valence-electron chi connectivity index (χ2n) is 3.33. The van der Waals surface area contributed by atoms with Crippen LogP contribution in [0.2, 0.25) is 0 Å². The molecule has 116 valence electrons. The van der Waals surface area contributed by atoms with Crippen LogP contribution >= 0.6 is 0 Å². The molecule has 1 aromatic heterocycles. The molecule has 4 heteroatoms. The molecule has 1 aliphatic rings. The quantitative estimate of drug-likeness (QED) is 0.779. The molecule has 0 atom stereocenters. The van der Waals surface area contributed by atoms with E-state index in [0.29, 0.717) is 0 Å². The van der Waals surface area contributed by atoms with E-state index in [9.17, 15) is 4.79 Å². The summed E-state index contributed by atoms with van der Waals surface area (Å²) in [5.41, 5.74) is 1.19. The Morgan fingerprint density at radius 1 is 0.900 bits per heavy atom. The number of hydrogen-bond donors (Lipinski definition) is 0. The van der Waals surface area contributed by atoms with E-state index in [2.05, 4.69) is 9.88 Å². The smallest absolute Gasteiger partial charge is 0.209 e. The fourth-order valence-corrected chi connectivity index (χ4v) is 1.64. The lowest BCUT2D eigenvalue weighted by atomic mass is 10.3. The van der Waals surface area contributed by atoms with Crippen LogP contribution in [0.15, 0.2) is 24.5 Å². The van der Waals surface area contributed by atoms with Gasteiger partial charge in [-0.15, -0.1) is 0 Å². The molecule has 2 rings (SSSR count). The SMILES string of the molecule is CC.CC.CC.O=CN1CCN(c2ccncc2)CC1. The van der Waals surface area contributed by atoms with Crippen molar-refractivity contribution in [2.75, 3.05) is 31.1 Å². The molecule has 0 unspecified atom stereocenters. The van der Waals surface area contributed by atoms with Crippen LogP contribution in [0.3, 0.4) is 0 Å². The lowest BCUT2D eigenvalue weighted by Crippen LogP contribution is -2.45. The Morgan fingerprint density at radius 3 is 1.75 bits per heavy atom. The molecular formula is C16H31N3O. The predicted octanol–water partition coefficient (Wildman–Crippen LogP) is 3.44. The number of rotatable bonds is 2. The average molecular weight is 281 g/mol. The molecule has 0 N–H and O–H groups in total. The zero-order valence-electron chi connectivity index (χ0n) is 14.0. The summed E-state index contributed by atoms with van der Waals surface area (Å²) < 4.78 is 0. The molecular weight excluding hydrogens is 250 g/mol. The van der Waals surface area contributed by atoms with Gasteiger partial charge in [0.2, 0.25) is 6.41 Å². The Bertz CT molecular complexity index is 296. The summed E-state index contributed by atoms with van der Waals surface area (Å²) >= 11 is 0. The minimum atomic E-state index is 0.811. The molecule has 1 aliphatic heterocycles. The third kappa shape index (κ3) is 7.77. The summed E-state index contributed by atoms with van der Waals surface area (Å²) in [4.78, 5) is 18.5. The van der Waals surface area contributed by atoms with Gasteiger partial charge in [-0.25, -0.2) is 0 Å². The first kappa shape index (κ1) is 20.7. The van der Waals surface area contributed by atoms with Crippen LogP contribution in [0.4, 0.5) is 5.69 Å². The van der Waals surface area contributed by atoms with Crippen molar-refractivity contribution in [3.8, 4) is 0 Å². The maximum atomic E-state index is 10.5. The topological polar surface area (TPSA) is 36.4 Å². The van der Waals surface area contributed by atoms with Crippen LogP contribution < -0.4 is 4.90 Å². The molecule has 1 fully saturated rings. The van der Waals surface area contributed by atoms with Crippen LogP contribution in [-0.2, 0) is 4.79 Å². The molecule has 20 heavy (non-hydrogen) atoms. The van der Waals surface area contributed by atoms with E-state index in [1.54, 1.807) is 17.3 Å². The summed E-state index contributed by atoms with van der Waals surface area (Å²) in [5, 5.41) is 0. The highest BCUT2D eigenvalue weighted by molar-refractivity contribution is 5.50. The second kappa shape index (κ2) is 15.5. The number of amides is 1. The lowest BCUT2D eigenvalue weighted by molar-refractivity contribution is -0.118. The van der Waals surface area contributed by atoms with E-state index < -0.39 is 0 Å². The summed E-state index contributed by atoms with van der Waals surface area (Å²) in [5.74, 6) is 0. The maximum absolute atomic E-state index is 10.5. The van der Waals surface area contributed by atoms with Crippen LogP contribution in [0.5, 0.6) is 0 Å². The standard InChI is InChI=1S/C10H13N3O.3C2H6/c14-9-12-5-7-13(8-6-12)10-1-3-11-4-2-10;3*1-2/h1-4,9H,5-8H2;3*1-2H3. The highest BCUT2D eigenvalue weighted by Gasteiger charge is 2.14. The predicted molar refractivity (Wildman–Crippen MR) is 88.1 cm³/mol. The summed E-state index contributed by atoms with van der Waals surface area (Å²) in [6.07, 6.45) is 4.51. The second-order valence-corrected chi connectivity index (χ2v) is 3.33. The number of hydrogen-bond acceptors (Lipinski definition) is 3. The van der Waals surface area contributed by atoms with Gasteiger partial charge in [-0.05, 0) is 12.1 Å². The van der Waals surface area contributed by atoms with Gasteiger partial charge in [-0.2, -0.15) is 0 Å². The Morgan fingerprint density at radius 2 is 1.35 bits per heavy atom. The number of carbonyl (C=O) groups excluding carboxylic acids is 1. The number of carbonyl (C=O) groups is 1. The Hall–Kier alpha value is -1.58. The molecule has 1 saturated heterocycles. The first-order valence-corrected chi connectivity index (χ1v) is 7.74. The molecule has 0 spiro atoms. The van der Waals surface area contributed by atoms with Gasteiger partial charge in [0.15, 0.2) is 0 Å². The zero-order chi connectivity index (χ0) is 15.8. The van der Waals surface area contributed by atoms with Gasteiger partial charge in [0.25, 0.3) is 0 Å². The van der Waals surface area contributed by atoms with Crippen LogP contribution in [-0.4, -0.2) is 42.5 Å². The van der Waals surface area contributed by atoms with Gasteiger partial charge in [0, 0.05) is 44.3 Å². The van der Waals surface area contributed by atoms with Crippen molar-refractivity contribution in [2.24, 2.45) is 0 Å². The van der Waals surface area contributed by atoms with Crippen molar-refractivity contribution < 1.29 is 4.79 Å². The summed E-state index contributed by atoms with van der Waals surface area (Å²) in [6, 6.07) is 3.99. The Kier molecular flexibility index (Phi) is 16.0. The summed E-state index contributed by atoms with van der Waals surface area (Å²) in [6.45, 7) is 15.4. The van der Waals surface area contributed by atoms with Gasteiger partial charge in [0.05, 0.1) is 0 Å². The minimum Gasteiger partial charge on any atom is -0.368 e. The molecule has 0 radical (unpaired) electrons. The molecule has 1 amide bonds. The molecule has 0 aromatic carbocycles. The first-order valence-electron chi connectivity index (χ1n) is 7.74. The van der Waals surface area contributed by atoms with E-state index in [0.717, 1.165) is 32.6 Å². The monoisotopic (exact) mass is 281 g/mol. The van der Waals surface area contributed by atoms with Gasteiger partial charge in [-0.3, -0.25) is 9.78 Å². The highest BCUT2D eigenvalue weighted by atomic mass is 16.1. The maximum Gasteiger partial charge on any atom is 0.209 e. The molecule has 0 saturated carbocycles. The number of pyridine rings is 1. The third-order valence-corrected chi connectivity index (χ3v) is 2.49. The first-order chi connectivity index (χ1) is 9.90. The summed E-state index contributed by atoms with van der Waals surface area (Å²) in [7, 11) is 0. The van der Waals surface area contributed by atoms with E-state index in [4.69, 9.17) is 0 Å². The van der Waals surface area contributed by atoms with E-state index in [1.165, 1.54) is 5.69 Å². The number of anilines is 1. The number of aromatic nitrogens is 1. The van der Waals surface area contributed by atoms with E-state index in [1.807, 2.05) is 53.7 Å². The van der Waals surface area contributed by atoms with Crippen molar-refractivity contribution in [3.63, 3.8) is 0 Å². The minimum absolute atomic E-state index is 0.811. The van der Waals surface area contributed by atoms with E-state index in [-0.39, 0.29) is 0 Å². The number of nitrogens with zero attached hydrogens (tertiary/aromatic N) is 3. The van der Waals surface area contributed by atoms with Gasteiger partial charge in [0.1, 0.15) is 0 Å². The van der Waals surface area contributed by atoms with Crippen molar-refractivity contribution in [2.45, 2.75) is 41.5 Å². The van der Waals surface area contributed by atoms with Crippen molar-refractivity contribution in [1.82, 2.24) is 9.88 Å². The lowest BCUT2D eigenvalue weighted by Gasteiger charge is -2.33. The van der Waals surface area contributed by atoms with Gasteiger partial charge >= 0.3 is 0 Å². The molecule has 1 aromatic rings. The van der Waals surface area contributed by atoms with Crippen molar-refractivity contribution in [1.29, 1.82) is 0 Å². The van der Waals surface area contributed by atoms with Crippen LogP contribution in [0, 0.1) is 0 Å². The molecule has 4 nitrogen and oxygen atoms in total. The average Bonchev–Trinajstić information content (AvgIpc) is 2.61. The van der Waals surface area contributed by atoms with Crippen LogP contribution in [0.25, 0.3) is 0 Å². The Balaban J connectivity index is 0. The number of piperazine rings is 1. The van der Waals surface area contributed by atoms with Gasteiger partial charge in [-0.1, -0.05) is 41.5 Å². The van der Waals surface area contributed by atoms with Gasteiger partial charge < -0.3 is 9.80 Å². The fraction of sp³-hybridized carbons (Fsp3) is 0.625. The normalized spacial score (nSPS) is 12.7. The molecule has 2 heterocycles. The Labute approximate surface area is 124 Å². The largest absolute Gasteiger partial charge is 0.368 e. The highest BCUT2D eigenvalue weighted by Crippen LogP contribution is 2.13. The molecule has 0 aliphatic carbocycles. The third-order valence-electron chi connectivity index (χ3n) is 2.49. The van der Waals surface area contributed by atoms with Crippen LogP contribution in [0.1, 0.15) is 41.5 Å². The zero-order valence-corrected chi connectivity index (χ0v) is 14.0. The van der Waals surface area contributed by atoms with E-state index >= 15 is 0 Å². The fourth-order valence-electron chi connectivity index (χ4n) is 1.64.